The third-order valence-corrected chi connectivity index (χ3v) is 10.5. The van der Waals surface area contributed by atoms with Crippen LogP contribution in [0.5, 0.6) is 0 Å². The van der Waals surface area contributed by atoms with Crippen molar-refractivity contribution < 1.29 is 18.8 Å². The number of carbonyl (C=O) groups excluding carboxylic acids is 3. The molecule has 2 aromatic rings. The van der Waals surface area contributed by atoms with Gasteiger partial charge in [0.1, 0.15) is 17.0 Å². The van der Waals surface area contributed by atoms with Crippen molar-refractivity contribution in [2.45, 2.75) is 93.7 Å². The molecular formula is C31H34Cl2FN3O3. The van der Waals surface area contributed by atoms with Crippen molar-refractivity contribution in [1.82, 2.24) is 10.6 Å². The first-order valence-electron chi connectivity index (χ1n) is 14.3. The van der Waals surface area contributed by atoms with Crippen LogP contribution in [0.4, 0.5) is 10.1 Å². The van der Waals surface area contributed by atoms with Crippen molar-refractivity contribution in [1.29, 1.82) is 0 Å². The minimum absolute atomic E-state index is 0.0327. The second-order valence-corrected chi connectivity index (χ2v) is 12.8. The van der Waals surface area contributed by atoms with Gasteiger partial charge in [0, 0.05) is 34.1 Å². The third-order valence-electron chi connectivity index (χ3n) is 9.95. The zero-order chi connectivity index (χ0) is 28.2. The highest BCUT2D eigenvalue weighted by atomic mass is 35.5. The van der Waals surface area contributed by atoms with Crippen molar-refractivity contribution in [2.24, 2.45) is 5.92 Å². The predicted molar refractivity (Wildman–Crippen MR) is 153 cm³/mol. The number of benzene rings is 2. The first-order chi connectivity index (χ1) is 19.2. The molecule has 3 fully saturated rings. The Bertz CT molecular complexity index is 1370. The highest BCUT2D eigenvalue weighted by Crippen LogP contribution is 2.62. The van der Waals surface area contributed by atoms with Gasteiger partial charge in [-0.15, -0.1) is 0 Å². The van der Waals surface area contributed by atoms with Gasteiger partial charge in [-0.2, -0.15) is 0 Å². The van der Waals surface area contributed by atoms with Gasteiger partial charge in [0.25, 0.3) is 0 Å². The molecule has 4 aliphatic rings. The molecule has 6 rings (SSSR count). The fourth-order valence-electron chi connectivity index (χ4n) is 8.15. The number of nitrogens with one attached hydrogen (secondary N) is 3. The lowest BCUT2D eigenvalue weighted by Crippen LogP contribution is -2.60. The summed E-state index contributed by atoms with van der Waals surface area (Å²) < 4.78 is 16.0. The lowest BCUT2D eigenvalue weighted by molar-refractivity contribution is -0.124. The normalized spacial score (nSPS) is 30.8. The fraction of sp³-hybridized carbons (Fsp3) is 0.516. The van der Waals surface area contributed by atoms with Crippen LogP contribution in [0.25, 0.3) is 0 Å². The van der Waals surface area contributed by atoms with Gasteiger partial charge in [-0.3, -0.25) is 19.7 Å². The van der Waals surface area contributed by atoms with Crippen LogP contribution in [-0.2, 0) is 19.8 Å². The number of anilines is 1. The zero-order valence-electron chi connectivity index (χ0n) is 22.5. The summed E-state index contributed by atoms with van der Waals surface area (Å²) in [6, 6.07) is 9.19. The molecule has 2 aromatic carbocycles. The Morgan fingerprint density at radius 1 is 1.02 bits per heavy atom. The smallest absolute Gasteiger partial charge is 0.238 e. The first-order valence-corrected chi connectivity index (χ1v) is 15.1. The minimum atomic E-state index is -1.24. The van der Waals surface area contributed by atoms with Crippen molar-refractivity contribution in [3.63, 3.8) is 0 Å². The average molecular weight is 587 g/mol. The van der Waals surface area contributed by atoms with E-state index in [1.807, 2.05) is 6.07 Å². The van der Waals surface area contributed by atoms with Crippen molar-refractivity contribution in [3.05, 3.63) is 63.4 Å². The second kappa shape index (κ2) is 10.4. The van der Waals surface area contributed by atoms with E-state index in [0.29, 0.717) is 36.4 Å². The van der Waals surface area contributed by atoms with E-state index in [1.54, 1.807) is 31.2 Å². The van der Waals surface area contributed by atoms with Gasteiger partial charge in [-0.25, -0.2) is 4.39 Å². The lowest BCUT2D eigenvalue weighted by atomic mass is 9.55. The number of rotatable bonds is 4. The van der Waals surface area contributed by atoms with Gasteiger partial charge < -0.3 is 10.6 Å². The van der Waals surface area contributed by atoms with Crippen LogP contribution in [0.15, 0.2) is 36.4 Å². The summed E-state index contributed by atoms with van der Waals surface area (Å²) in [6.45, 7) is 1.62. The summed E-state index contributed by atoms with van der Waals surface area (Å²) in [5.41, 5.74) is -0.422. The maximum absolute atomic E-state index is 16.0. The third kappa shape index (κ3) is 4.19. The molecule has 2 aliphatic heterocycles. The van der Waals surface area contributed by atoms with E-state index in [4.69, 9.17) is 23.2 Å². The van der Waals surface area contributed by atoms with Crippen LogP contribution >= 0.6 is 23.2 Å². The van der Waals surface area contributed by atoms with Gasteiger partial charge in [-0.1, -0.05) is 60.7 Å². The van der Waals surface area contributed by atoms with Crippen molar-refractivity contribution >= 4 is 46.5 Å². The van der Waals surface area contributed by atoms with Gasteiger partial charge in [0.05, 0.1) is 11.1 Å². The van der Waals surface area contributed by atoms with Gasteiger partial charge in [0.2, 0.25) is 11.8 Å². The Hall–Kier alpha value is -2.48. The summed E-state index contributed by atoms with van der Waals surface area (Å²) >= 11 is 12.6. The molecule has 0 unspecified atom stereocenters. The predicted octanol–water partition coefficient (Wildman–Crippen LogP) is 6.04. The fourth-order valence-corrected chi connectivity index (χ4v) is 8.51. The number of Topliss-reactive ketones (excluding diaryl/α,β-unsaturated/α-hetero) is 1. The molecule has 2 amide bonds. The number of halogens is 3. The van der Waals surface area contributed by atoms with Crippen LogP contribution in [0.1, 0.15) is 81.8 Å². The van der Waals surface area contributed by atoms with Gasteiger partial charge in [0.15, 0.2) is 0 Å². The molecule has 2 spiro atoms. The van der Waals surface area contributed by atoms with Crippen LogP contribution in [-0.4, -0.2) is 35.2 Å². The molecule has 0 aromatic heterocycles. The SMILES string of the molecule is CC(=O)C1CCC(NC(=O)[C@@H]2NC3(CCCCC3)[C@@]3(C(=O)Nc4cc(Cl)ccc43)[C@H]2c2cccc(Cl)c2F)CC1. The topological polar surface area (TPSA) is 87.3 Å². The number of hydrogen-bond acceptors (Lipinski definition) is 4. The van der Waals surface area contributed by atoms with E-state index in [-0.39, 0.29) is 40.1 Å². The molecule has 9 heteroatoms. The van der Waals surface area contributed by atoms with Crippen molar-refractivity contribution in [2.75, 3.05) is 5.32 Å². The van der Waals surface area contributed by atoms with Crippen LogP contribution in [0, 0.1) is 11.7 Å². The van der Waals surface area contributed by atoms with E-state index in [2.05, 4.69) is 16.0 Å². The molecule has 212 valence electrons. The number of carbonyl (C=O) groups is 3. The molecule has 3 atom stereocenters. The van der Waals surface area contributed by atoms with Crippen LogP contribution in [0.2, 0.25) is 10.0 Å². The summed E-state index contributed by atoms with van der Waals surface area (Å²) in [4.78, 5) is 40.4. The number of hydrogen-bond donors (Lipinski definition) is 3. The van der Waals surface area contributed by atoms with Crippen molar-refractivity contribution in [3.8, 4) is 0 Å². The number of ketones is 1. The molecule has 2 heterocycles. The molecule has 0 bridgehead atoms. The largest absolute Gasteiger partial charge is 0.352 e. The number of amides is 2. The molecular weight excluding hydrogens is 552 g/mol. The summed E-state index contributed by atoms with van der Waals surface area (Å²) in [6.07, 6.45) is 7.03. The van der Waals surface area contributed by atoms with Crippen LogP contribution in [0.3, 0.4) is 0 Å². The lowest BCUT2D eigenvalue weighted by Gasteiger charge is -2.47. The van der Waals surface area contributed by atoms with E-state index in [0.717, 1.165) is 37.7 Å². The van der Waals surface area contributed by atoms with Gasteiger partial charge >= 0.3 is 0 Å². The Morgan fingerprint density at radius 2 is 1.75 bits per heavy atom. The van der Waals surface area contributed by atoms with E-state index < -0.39 is 28.7 Å². The van der Waals surface area contributed by atoms with E-state index in [1.165, 1.54) is 6.07 Å². The average Bonchev–Trinajstić information content (AvgIpc) is 3.38. The monoisotopic (exact) mass is 585 g/mol. The van der Waals surface area contributed by atoms with Gasteiger partial charge in [-0.05, 0) is 74.8 Å². The molecule has 2 aliphatic carbocycles. The zero-order valence-corrected chi connectivity index (χ0v) is 24.0. The molecule has 6 nitrogen and oxygen atoms in total. The second-order valence-electron chi connectivity index (χ2n) is 12.0. The maximum atomic E-state index is 16.0. The van der Waals surface area contributed by atoms with E-state index in [9.17, 15) is 14.4 Å². The maximum Gasteiger partial charge on any atom is 0.238 e. The highest BCUT2D eigenvalue weighted by molar-refractivity contribution is 6.31. The van der Waals surface area contributed by atoms with Crippen LogP contribution < -0.4 is 16.0 Å². The standard InChI is InChI=1S/C31H34Cl2FN3O3/c1-17(38)18-8-11-20(12-9-18)35-28(39)27-25(21-6-5-7-23(33)26(21)34)31(30(37-27)14-3-2-4-15-30)22-13-10-19(32)16-24(22)36-29(31)40/h5-7,10,13,16,18,20,25,27,37H,2-4,8-9,11-12,14-15H2,1H3,(H,35,39)(H,36,40)/t18?,20?,25-,27+,31+/m0/s1. The quantitative estimate of drug-likeness (QED) is 0.408. The molecule has 1 saturated heterocycles. The Balaban J connectivity index is 1.48. The molecule has 40 heavy (non-hydrogen) atoms. The molecule has 3 N–H and O–H groups in total. The highest BCUT2D eigenvalue weighted by Gasteiger charge is 2.72. The Labute approximate surface area is 243 Å². The summed E-state index contributed by atoms with van der Waals surface area (Å²) in [5.74, 6) is -1.75. The van der Waals surface area contributed by atoms with E-state index >= 15 is 4.39 Å². The Morgan fingerprint density at radius 3 is 2.45 bits per heavy atom. The molecule has 2 saturated carbocycles. The first kappa shape index (κ1) is 27.7. The summed E-state index contributed by atoms with van der Waals surface area (Å²) in [5, 5.41) is 10.4. The number of fused-ring (bicyclic) bond motifs is 3. The minimum Gasteiger partial charge on any atom is -0.352 e. The summed E-state index contributed by atoms with van der Waals surface area (Å²) in [7, 11) is 0. The Kier molecular flexibility index (Phi) is 7.21. The molecule has 0 radical (unpaired) electrons.